The lowest BCUT2D eigenvalue weighted by atomic mass is 10.3. The van der Waals surface area contributed by atoms with Crippen LogP contribution in [0.3, 0.4) is 0 Å². The van der Waals surface area contributed by atoms with Crippen LogP contribution >= 0.6 is 0 Å². The summed E-state index contributed by atoms with van der Waals surface area (Å²) in [5.41, 5.74) is 2.03. The Morgan fingerprint density at radius 1 is 1.60 bits per heavy atom. The fourth-order valence-corrected chi connectivity index (χ4v) is 1.10. The average molecular weight is 140 g/mol. The van der Waals surface area contributed by atoms with E-state index < -0.39 is 0 Å². The molecule has 4 heteroatoms. The first-order chi connectivity index (χ1) is 4.92. The minimum absolute atomic E-state index is 0.542. The molecule has 0 saturated heterocycles. The molecule has 0 bridgehead atoms. The predicted octanol–water partition coefficient (Wildman–Crippen LogP) is 0.286. The van der Waals surface area contributed by atoms with Gasteiger partial charge in [0.15, 0.2) is 0 Å². The molecule has 0 amide bonds. The fraction of sp³-hybridized carbons (Fsp3) is 0.500. The van der Waals surface area contributed by atoms with Crippen LogP contribution in [0.2, 0.25) is 0 Å². The van der Waals surface area contributed by atoms with Crippen molar-refractivity contribution in [3.05, 3.63) is 11.3 Å². The molecule has 54 valence electrons. The van der Waals surface area contributed by atoms with Gasteiger partial charge in [-0.2, -0.15) is 0 Å². The second kappa shape index (κ2) is 1.98. The van der Waals surface area contributed by atoms with E-state index >= 15 is 0 Å². The third-order valence-electron chi connectivity index (χ3n) is 1.61. The maximum absolute atomic E-state index is 4.93. The monoisotopic (exact) mass is 140 g/mol. The highest BCUT2D eigenvalue weighted by molar-refractivity contribution is 5.30. The van der Waals surface area contributed by atoms with Gasteiger partial charge in [0, 0.05) is 13.1 Å². The zero-order valence-electron chi connectivity index (χ0n) is 5.68. The molecule has 0 aliphatic carbocycles. The Morgan fingerprint density at radius 2 is 2.50 bits per heavy atom. The molecular weight excluding hydrogens is 132 g/mol. The van der Waals surface area contributed by atoms with Gasteiger partial charge >= 0.3 is 5.95 Å². The second-order valence-electron chi connectivity index (χ2n) is 2.20. The summed E-state index contributed by atoms with van der Waals surface area (Å²) in [5.74, 6) is 0.542. The molecule has 0 radical (unpaired) electrons. The summed E-state index contributed by atoms with van der Waals surface area (Å²) in [7, 11) is 1.58. The first kappa shape index (κ1) is 5.73. The second-order valence-corrected chi connectivity index (χ2v) is 2.20. The normalized spacial score (nSPS) is 15.3. The Morgan fingerprint density at radius 3 is 3.30 bits per heavy atom. The number of hydrogen-bond donors (Lipinski definition) is 1. The van der Waals surface area contributed by atoms with Gasteiger partial charge in [-0.15, -0.1) is 0 Å². The summed E-state index contributed by atoms with van der Waals surface area (Å²) in [6.07, 6.45) is 0. The van der Waals surface area contributed by atoms with Crippen molar-refractivity contribution in [3.63, 3.8) is 0 Å². The van der Waals surface area contributed by atoms with E-state index in [-0.39, 0.29) is 0 Å². The van der Waals surface area contributed by atoms with E-state index in [0.717, 1.165) is 24.3 Å². The van der Waals surface area contributed by atoms with Gasteiger partial charge in [-0.1, -0.05) is 5.16 Å². The number of fused-ring (bicyclic) bond motifs is 1. The van der Waals surface area contributed by atoms with Gasteiger partial charge in [0.2, 0.25) is 0 Å². The molecule has 1 aromatic heterocycles. The minimum Gasteiger partial charge on any atom is -0.467 e. The lowest BCUT2D eigenvalue weighted by molar-refractivity contribution is 0.254. The van der Waals surface area contributed by atoms with Gasteiger partial charge in [0.25, 0.3) is 0 Å². The summed E-state index contributed by atoms with van der Waals surface area (Å²) >= 11 is 0. The highest BCUT2D eigenvalue weighted by Gasteiger charge is 2.20. The Bertz CT molecular complexity index is 244. The molecule has 1 aromatic rings. The first-order valence-corrected chi connectivity index (χ1v) is 3.14. The molecular formula is C6H8N2O2. The van der Waals surface area contributed by atoms with E-state index in [1.54, 1.807) is 7.11 Å². The zero-order valence-corrected chi connectivity index (χ0v) is 5.68. The summed E-state index contributed by atoms with van der Waals surface area (Å²) in [6.45, 7) is 1.60. The Balaban J connectivity index is 2.44. The van der Waals surface area contributed by atoms with Crippen LogP contribution in [-0.2, 0) is 13.1 Å². The highest BCUT2D eigenvalue weighted by Crippen LogP contribution is 2.24. The minimum atomic E-state index is 0.542. The third-order valence-corrected chi connectivity index (χ3v) is 1.61. The van der Waals surface area contributed by atoms with E-state index in [4.69, 9.17) is 9.26 Å². The number of aromatic nitrogens is 1. The molecule has 1 N–H and O–H groups in total. The van der Waals surface area contributed by atoms with Gasteiger partial charge < -0.3 is 14.6 Å². The number of hydrogen-bond acceptors (Lipinski definition) is 4. The Labute approximate surface area is 58.1 Å². The van der Waals surface area contributed by atoms with Gasteiger partial charge in [0.05, 0.1) is 12.7 Å². The average Bonchev–Trinajstić information content (AvgIpc) is 2.44. The van der Waals surface area contributed by atoms with E-state index in [0.29, 0.717) is 5.95 Å². The molecule has 0 fully saturated rings. The van der Waals surface area contributed by atoms with Crippen LogP contribution in [0.25, 0.3) is 0 Å². The molecule has 1 aliphatic rings. The van der Waals surface area contributed by atoms with Crippen molar-refractivity contribution in [2.45, 2.75) is 13.1 Å². The smallest absolute Gasteiger partial charge is 0.315 e. The van der Waals surface area contributed by atoms with Crippen LogP contribution in [0.1, 0.15) is 11.3 Å². The van der Waals surface area contributed by atoms with E-state index in [9.17, 15) is 0 Å². The fourth-order valence-electron chi connectivity index (χ4n) is 1.10. The molecule has 0 atom stereocenters. The summed E-state index contributed by atoms with van der Waals surface area (Å²) in [6, 6.07) is 0. The Kier molecular flexibility index (Phi) is 1.14. The van der Waals surface area contributed by atoms with Crippen molar-refractivity contribution in [2.75, 3.05) is 7.11 Å². The number of ether oxygens (including phenoxy) is 1. The Hall–Kier alpha value is -1.03. The molecule has 2 rings (SSSR count). The van der Waals surface area contributed by atoms with Gasteiger partial charge in [-0.3, -0.25) is 0 Å². The van der Waals surface area contributed by atoms with Gasteiger partial charge in [0.1, 0.15) is 5.69 Å². The van der Waals surface area contributed by atoms with Crippen LogP contribution in [0, 0.1) is 0 Å². The van der Waals surface area contributed by atoms with Crippen molar-refractivity contribution in [3.8, 4) is 5.95 Å². The predicted molar refractivity (Wildman–Crippen MR) is 33.6 cm³/mol. The van der Waals surface area contributed by atoms with Crippen LogP contribution in [0.4, 0.5) is 0 Å². The van der Waals surface area contributed by atoms with E-state index in [1.165, 1.54) is 0 Å². The third kappa shape index (κ3) is 0.623. The SMILES string of the molecule is COc1onc2c1CNC2. The summed E-state index contributed by atoms with van der Waals surface area (Å²) in [4.78, 5) is 0. The molecule has 4 nitrogen and oxygen atoms in total. The van der Waals surface area contributed by atoms with E-state index in [1.807, 2.05) is 0 Å². The molecule has 0 spiro atoms. The van der Waals surface area contributed by atoms with Crippen molar-refractivity contribution in [1.29, 1.82) is 0 Å². The lowest BCUT2D eigenvalue weighted by Crippen LogP contribution is -2.01. The maximum Gasteiger partial charge on any atom is 0.315 e. The largest absolute Gasteiger partial charge is 0.467 e. The van der Waals surface area contributed by atoms with Gasteiger partial charge in [-0.05, 0) is 0 Å². The van der Waals surface area contributed by atoms with Crippen LogP contribution in [-0.4, -0.2) is 12.3 Å². The molecule has 0 saturated carbocycles. The standard InChI is InChI=1S/C6H8N2O2/c1-9-6-4-2-7-3-5(4)8-10-6/h7H,2-3H2,1H3. The molecule has 0 aromatic carbocycles. The molecule has 0 unspecified atom stereocenters. The molecule has 10 heavy (non-hydrogen) atoms. The lowest BCUT2D eigenvalue weighted by Gasteiger charge is -1.92. The van der Waals surface area contributed by atoms with Crippen LogP contribution in [0.5, 0.6) is 5.95 Å². The van der Waals surface area contributed by atoms with E-state index in [2.05, 4.69) is 10.5 Å². The van der Waals surface area contributed by atoms with Crippen molar-refractivity contribution in [1.82, 2.24) is 10.5 Å². The van der Waals surface area contributed by atoms with Crippen molar-refractivity contribution >= 4 is 0 Å². The molecule has 2 heterocycles. The van der Waals surface area contributed by atoms with Crippen LogP contribution < -0.4 is 10.1 Å². The van der Waals surface area contributed by atoms with Gasteiger partial charge in [-0.25, -0.2) is 0 Å². The quantitative estimate of drug-likeness (QED) is 0.609. The number of methoxy groups -OCH3 is 1. The highest BCUT2D eigenvalue weighted by atomic mass is 16.6. The summed E-state index contributed by atoms with van der Waals surface area (Å²) < 4.78 is 9.80. The van der Waals surface area contributed by atoms with Crippen molar-refractivity contribution < 1.29 is 9.26 Å². The zero-order chi connectivity index (χ0) is 6.97. The topological polar surface area (TPSA) is 47.3 Å². The number of nitrogens with zero attached hydrogens (tertiary/aromatic N) is 1. The number of nitrogens with one attached hydrogen (secondary N) is 1. The summed E-state index contributed by atoms with van der Waals surface area (Å²) in [5, 5.41) is 6.94. The first-order valence-electron chi connectivity index (χ1n) is 3.14. The van der Waals surface area contributed by atoms with Crippen molar-refractivity contribution in [2.24, 2.45) is 0 Å². The molecule has 1 aliphatic heterocycles. The maximum atomic E-state index is 4.93. The van der Waals surface area contributed by atoms with Crippen LogP contribution in [0.15, 0.2) is 4.52 Å². The number of rotatable bonds is 1.